The van der Waals surface area contributed by atoms with Crippen LogP contribution < -0.4 is 10.6 Å². The Hall–Kier alpha value is -0.160. The number of β-amino-alcohol motifs (C(OH)–C–C–N with tert-alkyl or cyclic N) is 1. The van der Waals surface area contributed by atoms with Crippen LogP contribution in [0.1, 0.15) is 39.5 Å². The molecule has 0 heterocycles. The van der Waals surface area contributed by atoms with Gasteiger partial charge in [0.2, 0.25) is 0 Å². The van der Waals surface area contributed by atoms with Crippen molar-refractivity contribution < 1.29 is 10.2 Å². The highest BCUT2D eigenvalue weighted by atomic mass is 16.3. The third kappa shape index (κ3) is 6.43. The van der Waals surface area contributed by atoms with Gasteiger partial charge in [-0.3, -0.25) is 0 Å². The van der Waals surface area contributed by atoms with E-state index in [4.69, 9.17) is 10.2 Å². The molecular weight excluding hydrogens is 204 g/mol. The van der Waals surface area contributed by atoms with Crippen molar-refractivity contribution in [3.8, 4) is 0 Å². The Balaban J connectivity index is 4.24. The van der Waals surface area contributed by atoms with Crippen LogP contribution in [0.2, 0.25) is 0 Å². The van der Waals surface area contributed by atoms with Crippen LogP contribution in [0.5, 0.6) is 0 Å². The summed E-state index contributed by atoms with van der Waals surface area (Å²) in [6.07, 6.45) is 4.44. The molecule has 4 nitrogen and oxygen atoms in total. The Morgan fingerprint density at radius 3 is 1.94 bits per heavy atom. The van der Waals surface area contributed by atoms with Gasteiger partial charge in [0.15, 0.2) is 0 Å². The van der Waals surface area contributed by atoms with Crippen LogP contribution in [0.3, 0.4) is 0 Å². The highest BCUT2D eigenvalue weighted by Crippen LogP contribution is 2.18. The number of hydrogen-bond donors (Lipinski definition) is 4. The second-order valence-corrected chi connectivity index (χ2v) is 4.33. The van der Waals surface area contributed by atoms with Gasteiger partial charge in [-0.15, -0.1) is 0 Å². The maximum Gasteiger partial charge on any atom is 0.0556 e. The average molecular weight is 232 g/mol. The third-order valence-corrected chi connectivity index (χ3v) is 2.82. The first-order chi connectivity index (χ1) is 7.74. The van der Waals surface area contributed by atoms with Crippen LogP contribution in [0, 0.1) is 0 Å². The molecule has 4 heteroatoms. The summed E-state index contributed by atoms with van der Waals surface area (Å²) in [6.45, 7) is 6.84. The predicted molar refractivity (Wildman–Crippen MR) is 67.6 cm³/mol. The monoisotopic (exact) mass is 232 g/mol. The SMILES string of the molecule is CCCC(CCC)(CNCCO)NCCO. The topological polar surface area (TPSA) is 64.5 Å². The molecule has 0 unspecified atom stereocenters. The molecule has 0 saturated heterocycles. The maximum absolute atomic E-state index is 8.91. The molecule has 0 spiro atoms. The van der Waals surface area contributed by atoms with Gasteiger partial charge < -0.3 is 20.8 Å². The lowest BCUT2D eigenvalue weighted by molar-refractivity contribution is 0.216. The molecule has 0 aromatic carbocycles. The molecule has 0 radical (unpaired) electrons. The zero-order valence-corrected chi connectivity index (χ0v) is 10.8. The summed E-state index contributed by atoms with van der Waals surface area (Å²) in [4.78, 5) is 0. The van der Waals surface area contributed by atoms with Gasteiger partial charge >= 0.3 is 0 Å². The van der Waals surface area contributed by atoms with E-state index in [2.05, 4.69) is 24.5 Å². The molecule has 0 aliphatic rings. The van der Waals surface area contributed by atoms with E-state index in [0.29, 0.717) is 13.1 Å². The number of hydrogen-bond acceptors (Lipinski definition) is 4. The van der Waals surface area contributed by atoms with Crippen LogP contribution in [-0.4, -0.2) is 48.6 Å². The Kier molecular flexibility index (Phi) is 9.92. The van der Waals surface area contributed by atoms with E-state index in [1.807, 2.05) is 0 Å². The minimum absolute atomic E-state index is 0.0708. The van der Waals surface area contributed by atoms with Crippen LogP contribution >= 0.6 is 0 Å². The Labute approximate surface area is 99.4 Å². The first kappa shape index (κ1) is 15.8. The van der Waals surface area contributed by atoms with E-state index in [9.17, 15) is 0 Å². The molecule has 98 valence electrons. The number of nitrogens with one attached hydrogen (secondary N) is 2. The van der Waals surface area contributed by atoms with Gasteiger partial charge in [-0.1, -0.05) is 26.7 Å². The fraction of sp³-hybridized carbons (Fsp3) is 1.00. The van der Waals surface area contributed by atoms with E-state index in [1.165, 1.54) is 0 Å². The molecule has 0 atom stereocenters. The van der Waals surface area contributed by atoms with Gasteiger partial charge in [-0.25, -0.2) is 0 Å². The van der Waals surface area contributed by atoms with E-state index in [0.717, 1.165) is 32.2 Å². The number of rotatable bonds is 11. The lowest BCUT2D eigenvalue weighted by atomic mass is 9.88. The molecule has 0 rings (SSSR count). The predicted octanol–water partition coefficient (Wildman–Crippen LogP) is 0.489. The first-order valence-corrected chi connectivity index (χ1v) is 6.42. The van der Waals surface area contributed by atoms with Gasteiger partial charge in [-0.2, -0.15) is 0 Å². The molecule has 0 aromatic heterocycles. The fourth-order valence-corrected chi connectivity index (χ4v) is 2.23. The highest BCUT2D eigenvalue weighted by Gasteiger charge is 2.26. The summed E-state index contributed by atoms with van der Waals surface area (Å²) in [7, 11) is 0. The van der Waals surface area contributed by atoms with E-state index < -0.39 is 0 Å². The van der Waals surface area contributed by atoms with Crippen molar-refractivity contribution in [3.05, 3.63) is 0 Å². The second kappa shape index (κ2) is 10.0. The van der Waals surface area contributed by atoms with Crippen LogP contribution in [0.4, 0.5) is 0 Å². The molecule has 16 heavy (non-hydrogen) atoms. The van der Waals surface area contributed by atoms with Crippen molar-refractivity contribution in [2.75, 3.05) is 32.8 Å². The molecule has 0 saturated carbocycles. The number of aliphatic hydroxyl groups excluding tert-OH is 2. The molecule has 0 aliphatic carbocycles. The lowest BCUT2D eigenvalue weighted by Crippen LogP contribution is -2.53. The van der Waals surface area contributed by atoms with E-state index in [-0.39, 0.29) is 18.8 Å². The minimum Gasteiger partial charge on any atom is -0.395 e. The van der Waals surface area contributed by atoms with Gasteiger partial charge in [-0.05, 0) is 12.8 Å². The summed E-state index contributed by atoms with van der Waals surface area (Å²) in [5.74, 6) is 0. The summed E-state index contributed by atoms with van der Waals surface area (Å²) in [5.41, 5.74) is 0.0708. The zero-order chi connectivity index (χ0) is 12.3. The van der Waals surface area contributed by atoms with Crippen molar-refractivity contribution >= 4 is 0 Å². The van der Waals surface area contributed by atoms with Crippen LogP contribution in [0.25, 0.3) is 0 Å². The Morgan fingerprint density at radius 2 is 1.50 bits per heavy atom. The van der Waals surface area contributed by atoms with Crippen molar-refractivity contribution in [1.82, 2.24) is 10.6 Å². The molecule has 0 aromatic rings. The normalized spacial score (nSPS) is 12.0. The second-order valence-electron chi connectivity index (χ2n) is 4.33. The van der Waals surface area contributed by atoms with Crippen LogP contribution in [-0.2, 0) is 0 Å². The molecular formula is C12H28N2O2. The van der Waals surface area contributed by atoms with Gasteiger partial charge in [0.25, 0.3) is 0 Å². The van der Waals surface area contributed by atoms with Crippen molar-refractivity contribution in [2.24, 2.45) is 0 Å². The van der Waals surface area contributed by atoms with Gasteiger partial charge in [0.05, 0.1) is 13.2 Å². The standard InChI is InChI=1S/C12H28N2O2/c1-3-5-12(6-4-2,14-8-10-16)11-13-7-9-15/h13-16H,3-11H2,1-2H3. The first-order valence-electron chi connectivity index (χ1n) is 6.42. The largest absolute Gasteiger partial charge is 0.395 e. The smallest absolute Gasteiger partial charge is 0.0556 e. The Morgan fingerprint density at radius 1 is 0.938 bits per heavy atom. The summed E-state index contributed by atoms with van der Waals surface area (Å²) in [6, 6.07) is 0. The highest BCUT2D eigenvalue weighted by molar-refractivity contribution is 4.89. The molecule has 0 fully saturated rings. The lowest BCUT2D eigenvalue weighted by Gasteiger charge is -2.35. The fourth-order valence-electron chi connectivity index (χ4n) is 2.23. The van der Waals surface area contributed by atoms with Crippen molar-refractivity contribution in [1.29, 1.82) is 0 Å². The number of aliphatic hydroxyl groups is 2. The molecule has 0 amide bonds. The maximum atomic E-state index is 8.91. The van der Waals surface area contributed by atoms with Crippen LogP contribution in [0.15, 0.2) is 0 Å². The summed E-state index contributed by atoms with van der Waals surface area (Å²) < 4.78 is 0. The minimum atomic E-state index is 0.0708. The van der Waals surface area contributed by atoms with Crippen molar-refractivity contribution in [3.63, 3.8) is 0 Å². The zero-order valence-electron chi connectivity index (χ0n) is 10.8. The van der Waals surface area contributed by atoms with Gasteiger partial charge in [0, 0.05) is 25.2 Å². The average Bonchev–Trinajstić information content (AvgIpc) is 2.27. The quantitative estimate of drug-likeness (QED) is 0.392. The van der Waals surface area contributed by atoms with E-state index in [1.54, 1.807) is 0 Å². The van der Waals surface area contributed by atoms with E-state index >= 15 is 0 Å². The molecule has 4 N–H and O–H groups in total. The van der Waals surface area contributed by atoms with Gasteiger partial charge in [0.1, 0.15) is 0 Å². The van der Waals surface area contributed by atoms with Crippen molar-refractivity contribution in [2.45, 2.75) is 45.1 Å². The molecule has 0 bridgehead atoms. The third-order valence-electron chi connectivity index (χ3n) is 2.82. The molecule has 0 aliphatic heterocycles. The Bertz CT molecular complexity index is 148. The summed E-state index contributed by atoms with van der Waals surface area (Å²) in [5, 5.41) is 24.4. The summed E-state index contributed by atoms with van der Waals surface area (Å²) >= 11 is 0.